The van der Waals surface area contributed by atoms with E-state index in [-0.39, 0.29) is 0 Å². The summed E-state index contributed by atoms with van der Waals surface area (Å²) >= 11 is 0. The monoisotopic (exact) mass is 546 g/mol. The van der Waals surface area contributed by atoms with E-state index in [9.17, 15) is 19.2 Å². The van der Waals surface area contributed by atoms with E-state index in [1.165, 1.54) is 0 Å². The SMILES string of the molecule is O=C(O)/C=C/C(=O)Nc1ccc(C(c2ccccc2)(c2ccccc2)c2ccc(NC(=O)/C=C/C(=O)O)cc2)cc1. The van der Waals surface area contributed by atoms with Crippen LogP contribution in [0.4, 0.5) is 11.4 Å². The quantitative estimate of drug-likeness (QED) is 0.159. The number of benzene rings is 4. The summed E-state index contributed by atoms with van der Waals surface area (Å²) < 4.78 is 0. The average molecular weight is 547 g/mol. The summed E-state index contributed by atoms with van der Waals surface area (Å²) in [5.41, 5.74) is 3.96. The van der Waals surface area contributed by atoms with Crippen LogP contribution in [0.1, 0.15) is 22.3 Å². The predicted octanol–water partition coefficient (Wildman–Crippen LogP) is 5.23. The molecule has 4 aromatic rings. The molecule has 2 amide bonds. The smallest absolute Gasteiger partial charge is 0.328 e. The first-order valence-corrected chi connectivity index (χ1v) is 12.5. The van der Waals surface area contributed by atoms with Crippen LogP contribution in [0.3, 0.4) is 0 Å². The Morgan fingerprint density at radius 1 is 0.463 bits per heavy atom. The van der Waals surface area contributed by atoms with Gasteiger partial charge in [0.15, 0.2) is 0 Å². The van der Waals surface area contributed by atoms with Gasteiger partial charge in [-0.2, -0.15) is 0 Å². The molecule has 4 N–H and O–H groups in total. The van der Waals surface area contributed by atoms with Crippen molar-refractivity contribution in [1.82, 2.24) is 0 Å². The van der Waals surface area contributed by atoms with Gasteiger partial charge >= 0.3 is 11.9 Å². The molecule has 8 nitrogen and oxygen atoms in total. The Kier molecular flexibility index (Phi) is 8.86. The number of carboxylic acids is 2. The first kappa shape index (κ1) is 28.3. The zero-order valence-electron chi connectivity index (χ0n) is 21.7. The molecule has 41 heavy (non-hydrogen) atoms. The molecule has 204 valence electrons. The molecular weight excluding hydrogens is 520 g/mol. The lowest BCUT2D eigenvalue weighted by Crippen LogP contribution is -2.31. The molecule has 0 unspecified atom stereocenters. The molecule has 0 atom stereocenters. The van der Waals surface area contributed by atoms with Crippen LogP contribution in [0.15, 0.2) is 133 Å². The van der Waals surface area contributed by atoms with Gasteiger partial charge in [-0.1, -0.05) is 84.9 Å². The molecule has 4 rings (SSSR count). The highest BCUT2D eigenvalue weighted by molar-refractivity contribution is 6.03. The van der Waals surface area contributed by atoms with Gasteiger partial charge in [-0.15, -0.1) is 0 Å². The van der Waals surface area contributed by atoms with Crippen molar-refractivity contribution in [2.24, 2.45) is 0 Å². The van der Waals surface area contributed by atoms with Gasteiger partial charge in [0.2, 0.25) is 11.8 Å². The maximum Gasteiger partial charge on any atom is 0.328 e. The molecule has 0 saturated carbocycles. The molecule has 4 aromatic carbocycles. The maximum absolute atomic E-state index is 12.1. The summed E-state index contributed by atoms with van der Waals surface area (Å²) in [5, 5.41) is 22.9. The van der Waals surface area contributed by atoms with Crippen molar-refractivity contribution in [3.8, 4) is 0 Å². The lowest BCUT2D eigenvalue weighted by Gasteiger charge is -2.37. The third-order valence-corrected chi connectivity index (χ3v) is 6.34. The molecule has 0 fully saturated rings. The van der Waals surface area contributed by atoms with Gasteiger partial charge in [-0.25, -0.2) is 9.59 Å². The van der Waals surface area contributed by atoms with Gasteiger partial charge in [-0.05, 0) is 46.5 Å². The maximum atomic E-state index is 12.1. The van der Waals surface area contributed by atoms with Crippen LogP contribution in [-0.2, 0) is 24.6 Å². The van der Waals surface area contributed by atoms with Gasteiger partial charge in [0, 0.05) is 35.7 Å². The van der Waals surface area contributed by atoms with Crippen LogP contribution < -0.4 is 10.6 Å². The van der Waals surface area contributed by atoms with Crippen LogP contribution >= 0.6 is 0 Å². The fourth-order valence-corrected chi connectivity index (χ4v) is 4.65. The van der Waals surface area contributed by atoms with E-state index in [1.54, 1.807) is 24.3 Å². The minimum atomic E-state index is -1.21. The second-order valence-corrected chi connectivity index (χ2v) is 8.96. The third kappa shape index (κ3) is 6.82. The molecule has 0 spiro atoms. The van der Waals surface area contributed by atoms with Crippen molar-refractivity contribution in [1.29, 1.82) is 0 Å². The number of carbonyl (C=O) groups is 4. The molecular formula is C33H26N2O6. The Labute approximate surface area is 236 Å². The summed E-state index contributed by atoms with van der Waals surface area (Å²) in [5.74, 6) is -3.55. The average Bonchev–Trinajstić information content (AvgIpc) is 2.98. The van der Waals surface area contributed by atoms with E-state index >= 15 is 0 Å². The van der Waals surface area contributed by atoms with E-state index < -0.39 is 29.2 Å². The zero-order chi connectivity index (χ0) is 29.2. The van der Waals surface area contributed by atoms with Crippen molar-refractivity contribution < 1.29 is 29.4 Å². The highest BCUT2D eigenvalue weighted by atomic mass is 16.4. The number of aliphatic carboxylic acids is 2. The number of hydrogen-bond acceptors (Lipinski definition) is 4. The molecule has 0 aromatic heterocycles. The number of anilines is 2. The standard InChI is InChI=1S/C33H26N2O6/c36-29(19-21-31(38)39)34-27-15-11-25(12-16-27)33(23-7-3-1-4-8-23,24-9-5-2-6-10-24)26-13-17-28(18-14-26)35-30(37)20-22-32(40)41/h1-22H,(H,34,36)(H,35,37)(H,38,39)(H,40,41)/b21-19+,22-20+. The lowest BCUT2D eigenvalue weighted by atomic mass is 9.65. The predicted molar refractivity (Wildman–Crippen MR) is 156 cm³/mol. The summed E-state index contributed by atoms with van der Waals surface area (Å²) in [4.78, 5) is 45.7. The topological polar surface area (TPSA) is 133 Å². The number of carbonyl (C=O) groups excluding carboxylic acids is 2. The van der Waals surface area contributed by atoms with Crippen LogP contribution in [0.2, 0.25) is 0 Å². The molecule has 0 aliphatic heterocycles. The molecule has 0 heterocycles. The highest BCUT2D eigenvalue weighted by Gasteiger charge is 2.38. The van der Waals surface area contributed by atoms with Crippen LogP contribution in [0.25, 0.3) is 0 Å². The van der Waals surface area contributed by atoms with Crippen LogP contribution in [0, 0.1) is 0 Å². The first-order chi connectivity index (χ1) is 19.8. The van der Waals surface area contributed by atoms with Crippen molar-refractivity contribution in [2.75, 3.05) is 10.6 Å². The second-order valence-electron chi connectivity index (χ2n) is 8.96. The molecule has 8 heteroatoms. The van der Waals surface area contributed by atoms with E-state index in [4.69, 9.17) is 10.2 Å². The summed E-state index contributed by atoms with van der Waals surface area (Å²) in [6, 6.07) is 34.5. The minimum Gasteiger partial charge on any atom is -0.478 e. The Bertz CT molecular complexity index is 1470. The molecule has 0 saturated heterocycles. The third-order valence-electron chi connectivity index (χ3n) is 6.34. The molecule has 0 aliphatic rings. The van der Waals surface area contributed by atoms with Crippen molar-refractivity contribution in [3.63, 3.8) is 0 Å². The summed E-state index contributed by atoms with van der Waals surface area (Å²) in [6.45, 7) is 0. The first-order valence-electron chi connectivity index (χ1n) is 12.5. The number of amides is 2. The Hall–Kier alpha value is -5.76. The van der Waals surface area contributed by atoms with Gasteiger partial charge in [-0.3, -0.25) is 9.59 Å². The van der Waals surface area contributed by atoms with E-state index in [1.807, 2.05) is 84.9 Å². The van der Waals surface area contributed by atoms with Gasteiger partial charge in [0.05, 0.1) is 5.41 Å². The second kappa shape index (κ2) is 12.9. The Balaban J connectivity index is 1.81. The van der Waals surface area contributed by atoms with Crippen LogP contribution in [-0.4, -0.2) is 34.0 Å². The summed E-state index contributed by atoms with van der Waals surface area (Å²) in [6.07, 6.45) is 3.45. The van der Waals surface area contributed by atoms with Crippen molar-refractivity contribution in [2.45, 2.75) is 5.41 Å². The fraction of sp³-hybridized carbons (Fsp3) is 0.0303. The zero-order valence-corrected chi connectivity index (χ0v) is 21.7. The molecule has 0 bridgehead atoms. The number of hydrogen-bond donors (Lipinski definition) is 4. The number of rotatable bonds is 10. The lowest BCUT2D eigenvalue weighted by molar-refractivity contribution is -0.132. The van der Waals surface area contributed by atoms with Crippen molar-refractivity contribution in [3.05, 3.63) is 156 Å². The highest BCUT2D eigenvalue weighted by Crippen LogP contribution is 2.45. The van der Waals surface area contributed by atoms with Crippen molar-refractivity contribution >= 4 is 35.1 Å². The normalized spacial score (nSPS) is 11.3. The van der Waals surface area contributed by atoms with E-state index in [0.717, 1.165) is 46.6 Å². The minimum absolute atomic E-state index is 0.497. The summed E-state index contributed by atoms with van der Waals surface area (Å²) in [7, 11) is 0. The molecule has 0 radical (unpaired) electrons. The Morgan fingerprint density at radius 3 is 1.10 bits per heavy atom. The van der Waals surface area contributed by atoms with Gasteiger partial charge in [0.1, 0.15) is 0 Å². The number of nitrogens with one attached hydrogen (secondary N) is 2. The molecule has 0 aliphatic carbocycles. The number of carboxylic acid groups (broad SMARTS) is 2. The van der Waals surface area contributed by atoms with Gasteiger partial charge in [0.25, 0.3) is 0 Å². The van der Waals surface area contributed by atoms with Crippen LogP contribution in [0.5, 0.6) is 0 Å². The largest absolute Gasteiger partial charge is 0.478 e. The van der Waals surface area contributed by atoms with E-state index in [0.29, 0.717) is 11.4 Å². The fourth-order valence-electron chi connectivity index (χ4n) is 4.65. The Morgan fingerprint density at radius 2 is 0.780 bits per heavy atom. The van der Waals surface area contributed by atoms with Gasteiger partial charge < -0.3 is 20.8 Å². The van der Waals surface area contributed by atoms with E-state index in [2.05, 4.69) is 10.6 Å².